The zero-order chi connectivity index (χ0) is 14.2. The first kappa shape index (κ1) is 12.3. The first-order valence-corrected chi connectivity index (χ1v) is 8.09. The standard InChI is InChI=1S/C16H9N3S2/c1-17-16-11(6-7-20-16)14-10-4-2-3-5-12(10)19-15(14)13-8-18-9-21-13/h2-9,19H. The van der Waals surface area contributed by atoms with Gasteiger partial charge in [0.2, 0.25) is 5.00 Å². The Hall–Kier alpha value is -2.42. The van der Waals surface area contributed by atoms with Crippen LogP contribution >= 0.6 is 22.7 Å². The van der Waals surface area contributed by atoms with Crippen molar-refractivity contribution in [1.29, 1.82) is 0 Å². The molecule has 0 saturated heterocycles. The third-order valence-electron chi connectivity index (χ3n) is 3.40. The average molecular weight is 307 g/mol. The summed E-state index contributed by atoms with van der Waals surface area (Å²) < 4.78 is 0. The Bertz CT molecular complexity index is 955. The monoisotopic (exact) mass is 307 g/mol. The van der Waals surface area contributed by atoms with Gasteiger partial charge < -0.3 is 4.98 Å². The van der Waals surface area contributed by atoms with E-state index in [1.807, 2.05) is 35.3 Å². The molecule has 4 rings (SSSR count). The van der Waals surface area contributed by atoms with E-state index >= 15 is 0 Å². The van der Waals surface area contributed by atoms with E-state index in [1.165, 1.54) is 11.3 Å². The van der Waals surface area contributed by atoms with Crippen LogP contribution in [0.4, 0.5) is 5.00 Å². The fourth-order valence-electron chi connectivity index (χ4n) is 2.52. The van der Waals surface area contributed by atoms with E-state index in [4.69, 9.17) is 6.57 Å². The lowest BCUT2D eigenvalue weighted by molar-refractivity contribution is 1.40. The maximum absolute atomic E-state index is 7.37. The number of aromatic nitrogens is 2. The Morgan fingerprint density at radius 1 is 1.14 bits per heavy atom. The van der Waals surface area contributed by atoms with Crippen LogP contribution in [0.3, 0.4) is 0 Å². The van der Waals surface area contributed by atoms with Crippen molar-refractivity contribution in [3.05, 3.63) is 58.8 Å². The van der Waals surface area contributed by atoms with Gasteiger partial charge in [-0.3, -0.25) is 4.98 Å². The van der Waals surface area contributed by atoms with E-state index in [9.17, 15) is 0 Å². The molecular formula is C16H9N3S2. The van der Waals surface area contributed by atoms with Gasteiger partial charge in [0.15, 0.2) is 0 Å². The first-order valence-electron chi connectivity index (χ1n) is 6.33. The fraction of sp³-hybridized carbons (Fsp3) is 0. The predicted octanol–water partition coefficient (Wildman–Crippen LogP) is 5.57. The van der Waals surface area contributed by atoms with Gasteiger partial charge in [-0.05, 0) is 11.4 Å². The molecule has 0 amide bonds. The number of para-hydroxylation sites is 1. The molecule has 0 aliphatic heterocycles. The van der Waals surface area contributed by atoms with Crippen molar-refractivity contribution in [2.75, 3.05) is 0 Å². The van der Waals surface area contributed by atoms with Gasteiger partial charge in [0.25, 0.3) is 0 Å². The highest BCUT2D eigenvalue weighted by atomic mass is 32.1. The average Bonchev–Trinajstić information content (AvgIpc) is 3.24. The SMILES string of the molecule is [C-]#[N+]c1sccc1-c1c(-c2cncs2)[nH]c2ccccc12. The summed E-state index contributed by atoms with van der Waals surface area (Å²) in [4.78, 5) is 12.4. The minimum absolute atomic E-state index is 0.727. The largest absolute Gasteiger partial charge is 0.353 e. The second kappa shape index (κ2) is 4.85. The highest BCUT2D eigenvalue weighted by Gasteiger charge is 2.18. The number of hydrogen-bond donors (Lipinski definition) is 1. The number of nitrogens with zero attached hydrogens (tertiary/aromatic N) is 2. The molecule has 21 heavy (non-hydrogen) atoms. The molecule has 0 bridgehead atoms. The van der Waals surface area contributed by atoms with Gasteiger partial charge in [0.1, 0.15) is 0 Å². The molecule has 0 saturated carbocycles. The van der Waals surface area contributed by atoms with Crippen molar-refractivity contribution < 1.29 is 0 Å². The Labute approximate surface area is 129 Å². The van der Waals surface area contributed by atoms with E-state index in [2.05, 4.69) is 26.9 Å². The molecule has 3 aromatic heterocycles. The van der Waals surface area contributed by atoms with Gasteiger partial charge in [0.05, 0.1) is 22.7 Å². The van der Waals surface area contributed by atoms with E-state index in [0.717, 1.165) is 37.6 Å². The maximum atomic E-state index is 7.37. The van der Waals surface area contributed by atoms with Crippen LogP contribution in [0.2, 0.25) is 0 Å². The summed E-state index contributed by atoms with van der Waals surface area (Å²) in [6.07, 6.45) is 1.86. The second-order valence-electron chi connectivity index (χ2n) is 4.54. The molecule has 1 aromatic carbocycles. The van der Waals surface area contributed by atoms with Crippen LogP contribution in [-0.4, -0.2) is 9.97 Å². The smallest absolute Gasteiger partial charge is 0.248 e. The summed E-state index contributed by atoms with van der Waals surface area (Å²) in [7, 11) is 0. The third kappa shape index (κ3) is 1.88. The molecule has 0 atom stereocenters. The molecule has 0 aliphatic carbocycles. The number of hydrogen-bond acceptors (Lipinski definition) is 3. The predicted molar refractivity (Wildman–Crippen MR) is 89.0 cm³/mol. The summed E-state index contributed by atoms with van der Waals surface area (Å²) in [6.45, 7) is 7.37. The van der Waals surface area contributed by atoms with Crippen molar-refractivity contribution in [3.63, 3.8) is 0 Å². The van der Waals surface area contributed by atoms with Crippen LogP contribution in [-0.2, 0) is 0 Å². The number of thiophene rings is 1. The second-order valence-corrected chi connectivity index (χ2v) is 6.32. The minimum atomic E-state index is 0.727. The van der Waals surface area contributed by atoms with Crippen LogP contribution in [0.5, 0.6) is 0 Å². The normalized spacial score (nSPS) is 10.8. The molecule has 0 aliphatic rings. The van der Waals surface area contributed by atoms with Crippen LogP contribution < -0.4 is 0 Å². The molecule has 0 radical (unpaired) electrons. The number of thiazole rings is 1. The number of benzene rings is 1. The van der Waals surface area contributed by atoms with Crippen molar-refractivity contribution in [1.82, 2.24) is 9.97 Å². The molecule has 0 unspecified atom stereocenters. The van der Waals surface area contributed by atoms with Crippen molar-refractivity contribution in [2.45, 2.75) is 0 Å². The molecule has 3 nitrogen and oxygen atoms in total. The zero-order valence-electron chi connectivity index (χ0n) is 10.8. The van der Waals surface area contributed by atoms with Gasteiger partial charge in [-0.25, -0.2) is 4.85 Å². The molecule has 4 aromatic rings. The van der Waals surface area contributed by atoms with Gasteiger partial charge in [-0.1, -0.05) is 24.3 Å². The van der Waals surface area contributed by atoms with E-state index in [1.54, 1.807) is 11.3 Å². The Balaban J connectivity index is 2.11. The quantitative estimate of drug-likeness (QED) is 0.482. The van der Waals surface area contributed by atoms with Crippen molar-refractivity contribution >= 4 is 38.6 Å². The van der Waals surface area contributed by atoms with Crippen LogP contribution in [0.25, 0.3) is 37.4 Å². The van der Waals surface area contributed by atoms with Gasteiger partial charge >= 0.3 is 0 Å². The lowest BCUT2D eigenvalue weighted by Crippen LogP contribution is -1.77. The highest BCUT2D eigenvalue weighted by Crippen LogP contribution is 2.45. The number of nitrogens with one attached hydrogen (secondary N) is 1. The van der Waals surface area contributed by atoms with E-state index in [0.29, 0.717) is 0 Å². The van der Waals surface area contributed by atoms with Gasteiger partial charge in [-0.15, -0.1) is 11.3 Å². The third-order valence-corrected chi connectivity index (χ3v) is 5.00. The summed E-state index contributed by atoms with van der Waals surface area (Å²) in [5, 5.41) is 3.84. The molecule has 1 N–H and O–H groups in total. The maximum Gasteiger partial charge on any atom is 0.248 e. The van der Waals surface area contributed by atoms with Gasteiger partial charge in [0, 0.05) is 28.2 Å². The minimum Gasteiger partial charge on any atom is -0.353 e. The Morgan fingerprint density at radius 2 is 2.05 bits per heavy atom. The van der Waals surface area contributed by atoms with E-state index < -0.39 is 0 Å². The van der Waals surface area contributed by atoms with E-state index in [-0.39, 0.29) is 0 Å². The summed E-state index contributed by atoms with van der Waals surface area (Å²) in [5.41, 5.74) is 6.05. The Morgan fingerprint density at radius 3 is 2.86 bits per heavy atom. The fourth-order valence-corrected chi connectivity index (χ4v) is 3.83. The summed E-state index contributed by atoms with van der Waals surface area (Å²) >= 11 is 3.08. The summed E-state index contributed by atoms with van der Waals surface area (Å²) in [6, 6.07) is 10.2. The number of rotatable bonds is 2. The van der Waals surface area contributed by atoms with Crippen LogP contribution in [0, 0.1) is 6.57 Å². The van der Waals surface area contributed by atoms with Gasteiger partial charge in [-0.2, -0.15) is 11.3 Å². The lowest BCUT2D eigenvalue weighted by Gasteiger charge is -2.02. The molecular weight excluding hydrogens is 298 g/mol. The number of aromatic amines is 1. The summed E-state index contributed by atoms with van der Waals surface area (Å²) in [5.74, 6) is 0. The van der Waals surface area contributed by atoms with Crippen LogP contribution in [0.1, 0.15) is 0 Å². The first-order chi connectivity index (χ1) is 10.4. The highest BCUT2D eigenvalue weighted by molar-refractivity contribution is 7.15. The molecule has 0 spiro atoms. The topological polar surface area (TPSA) is 33.0 Å². The zero-order valence-corrected chi connectivity index (χ0v) is 12.5. The van der Waals surface area contributed by atoms with Crippen molar-refractivity contribution in [2.24, 2.45) is 0 Å². The molecule has 3 heterocycles. The molecule has 0 fully saturated rings. The lowest BCUT2D eigenvalue weighted by atomic mass is 10.0. The molecule has 5 heteroatoms. The number of fused-ring (bicyclic) bond motifs is 1. The van der Waals surface area contributed by atoms with Crippen molar-refractivity contribution in [3.8, 4) is 21.7 Å². The number of H-pyrrole nitrogens is 1. The van der Waals surface area contributed by atoms with Crippen LogP contribution in [0.15, 0.2) is 47.4 Å². The Kier molecular flexibility index (Phi) is 2.85. The molecule has 100 valence electrons.